The van der Waals surface area contributed by atoms with Crippen LogP contribution in [0.15, 0.2) is 54.8 Å². The summed E-state index contributed by atoms with van der Waals surface area (Å²) in [6.07, 6.45) is 3.56. The van der Waals surface area contributed by atoms with Gasteiger partial charge in [0.2, 0.25) is 0 Å². The highest BCUT2D eigenvalue weighted by atomic mass is 16.5. The van der Waals surface area contributed by atoms with Gasteiger partial charge in [-0.05, 0) is 31.2 Å². The van der Waals surface area contributed by atoms with E-state index in [2.05, 4.69) is 6.58 Å². The van der Waals surface area contributed by atoms with E-state index in [4.69, 9.17) is 4.74 Å². The minimum Gasteiger partial charge on any atom is -0.458 e. The molecule has 1 heteroatoms. The van der Waals surface area contributed by atoms with Crippen molar-refractivity contribution in [2.45, 2.75) is 6.92 Å². The number of rotatable bonds is 3. The summed E-state index contributed by atoms with van der Waals surface area (Å²) in [6.45, 7) is 5.55. The van der Waals surface area contributed by atoms with Gasteiger partial charge in [0.1, 0.15) is 11.5 Å². The Morgan fingerprint density at radius 3 is 2.50 bits per heavy atom. The van der Waals surface area contributed by atoms with Crippen molar-refractivity contribution >= 4 is 0 Å². The van der Waals surface area contributed by atoms with Crippen LogP contribution in [0, 0.1) is 0 Å². The molecule has 0 bridgehead atoms. The van der Waals surface area contributed by atoms with Gasteiger partial charge < -0.3 is 4.74 Å². The lowest BCUT2D eigenvalue weighted by atomic mass is 10.3. The maximum absolute atomic E-state index is 5.46. The number of para-hydroxylation sites is 1. The van der Waals surface area contributed by atoms with Gasteiger partial charge in [-0.2, -0.15) is 0 Å². The second-order valence-corrected chi connectivity index (χ2v) is 2.31. The fourth-order valence-corrected chi connectivity index (χ4v) is 0.843. The van der Waals surface area contributed by atoms with E-state index in [0.717, 1.165) is 11.5 Å². The highest BCUT2D eigenvalue weighted by Crippen LogP contribution is 2.12. The van der Waals surface area contributed by atoms with Crippen molar-refractivity contribution in [3.05, 3.63) is 54.8 Å². The summed E-state index contributed by atoms with van der Waals surface area (Å²) in [4.78, 5) is 0. The molecule has 0 N–H and O–H groups in total. The summed E-state index contributed by atoms with van der Waals surface area (Å²) in [5, 5.41) is 0. The van der Waals surface area contributed by atoms with E-state index in [-0.39, 0.29) is 0 Å². The number of hydrogen-bond donors (Lipinski definition) is 0. The number of allylic oxidation sites excluding steroid dienone is 2. The molecule has 0 saturated heterocycles. The molecule has 0 radical (unpaired) electrons. The highest BCUT2D eigenvalue weighted by molar-refractivity contribution is 5.25. The minimum absolute atomic E-state index is 0.779. The van der Waals surface area contributed by atoms with Crippen LogP contribution in [0.1, 0.15) is 6.92 Å². The van der Waals surface area contributed by atoms with Crippen LogP contribution in [0.5, 0.6) is 5.75 Å². The quantitative estimate of drug-likeness (QED) is 0.487. The third kappa shape index (κ3) is 2.27. The van der Waals surface area contributed by atoms with E-state index in [1.807, 2.05) is 43.3 Å². The van der Waals surface area contributed by atoms with Crippen LogP contribution in [0.4, 0.5) is 0 Å². The Morgan fingerprint density at radius 2 is 2.00 bits per heavy atom. The van der Waals surface area contributed by atoms with Crippen LogP contribution in [0.3, 0.4) is 0 Å². The van der Waals surface area contributed by atoms with E-state index in [1.165, 1.54) is 0 Å². The lowest BCUT2D eigenvalue weighted by Crippen LogP contribution is -1.89. The molecule has 0 aliphatic carbocycles. The Hall–Kier alpha value is -1.50. The van der Waals surface area contributed by atoms with Gasteiger partial charge in [0.15, 0.2) is 0 Å². The first-order valence-electron chi connectivity index (χ1n) is 3.88. The molecule has 1 rings (SSSR count). The van der Waals surface area contributed by atoms with E-state index >= 15 is 0 Å². The third-order valence-corrected chi connectivity index (χ3v) is 1.46. The van der Waals surface area contributed by atoms with Crippen molar-refractivity contribution in [3.63, 3.8) is 0 Å². The molecule has 0 amide bonds. The topological polar surface area (TPSA) is 9.23 Å². The van der Waals surface area contributed by atoms with Gasteiger partial charge in [0, 0.05) is 0 Å². The monoisotopic (exact) mass is 160 g/mol. The van der Waals surface area contributed by atoms with Gasteiger partial charge in [-0.25, -0.2) is 0 Å². The molecule has 0 unspecified atom stereocenters. The number of ether oxygens (including phenoxy) is 1. The molecule has 1 nitrogen and oxygen atoms in total. The highest BCUT2D eigenvalue weighted by Gasteiger charge is 1.92. The summed E-state index contributed by atoms with van der Waals surface area (Å²) < 4.78 is 5.46. The molecular weight excluding hydrogens is 148 g/mol. The van der Waals surface area contributed by atoms with Gasteiger partial charge in [0.25, 0.3) is 0 Å². The SMILES string of the molecule is C=C/C(=C\C)Oc1ccccc1. The molecule has 0 fully saturated rings. The maximum Gasteiger partial charge on any atom is 0.127 e. The van der Waals surface area contributed by atoms with Crippen LogP contribution in [-0.2, 0) is 0 Å². The summed E-state index contributed by atoms with van der Waals surface area (Å²) >= 11 is 0. The Bertz CT molecular complexity index is 272. The van der Waals surface area contributed by atoms with Gasteiger partial charge in [-0.15, -0.1) is 0 Å². The summed E-state index contributed by atoms with van der Waals surface area (Å²) in [6, 6.07) is 9.65. The Kier molecular flexibility index (Phi) is 3.15. The first-order chi connectivity index (χ1) is 5.86. The average molecular weight is 160 g/mol. The first kappa shape index (κ1) is 8.60. The summed E-state index contributed by atoms with van der Waals surface area (Å²) in [7, 11) is 0. The van der Waals surface area contributed by atoms with E-state index < -0.39 is 0 Å². The van der Waals surface area contributed by atoms with Crippen molar-refractivity contribution in [1.82, 2.24) is 0 Å². The molecule has 0 saturated carbocycles. The third-order valence-electron chi connectivity index (χ3n) is 1.46. The van der Waals surface area contributed by atoms with E-state index in [9.17, 15) is 0 Å². The molecular formula is C11H12O. The zero-order valence-corrected chi connectivity index (χ0v) is 7.16. The predicted molar refractivity (Wildman–Crippen MR) is 51.0 cm³/mol. The second kappa shape index (κ2) is 4.39. The molecule has 62 valence electrons. The number of benzene rings is 1. The normalized spacial score (nSPS) is 10.9. The van der Waals surface area contributed by atoms with Crippen LogP contribution < -0.4 is 4.74 Å². The van der Waals surface area contributed by atoms with E-state index in [0.29, 0.717) is 0 Å². The summed E-state index contributed by atoms with van der Waals surface area (Å²) in [5.41, 5.74) is 0. The number of hydrogen-bond acceptors (Lipinski definition) is 1. The van der Waals surface area contributed by atoms with Crippen LogP contribution >= 0.6 is 0 Å². The fraction of sp³-hybridized carbons (Fsp3) is 0.0909. The molecule has 0 aliphatic heterocycles. The molecule has 1 aromatic rings. The molecule has 0 spiro atoms. The van der Waals surface area contributed by atoms with Crippen molar-refractivity contribution in [1.29, 1.82) is 0 Å². The molecule has 0 heterocycles. The Balaban J connectivity index is 2.70. The van der Waals surface area contributed by atoms with Gasteiger partial charge in [0.05, 0.1) is 0 Å². The van der Waals surface area contributed by atoms with Gasteiger partial charge in [-0.1, -0.05) is 24.8 Å². The first-order valence-corrected chi connectivity index (χ1v) is 3.88. The zero-order chi connectivity index (χ0) is 8.81. The summed E-state index contributed by atoms with van der Waals surface area (Å²) in [5.74, 6) is 1.62. The van der Waals surface area contributed by atoms with Gasteiger partial charge >= 0.3 is 0 Å². The molecule has 12 heavy (non-hydrogen) atoms. The lowest BCUT2D eigenvalue weighted by molar-refractivity contribution is 0.443. The largest absolute Gasteiger partial charge is 0.458 e. The minimum atomic E-state index is 0.779. The Morgan fingerprint density at radius 1 is 1.33 bits per heavy atom. The van der Waals surface area contributed by atoms with Gasteiger partial charge in [-0.3, -0.25) is 0 Å². The van der Waals surface area contributed by atoms with Crippen molar-refractivity contribution in [2.24, 2.45) is 0 Å². The molecule has 1 aromatic carbocycles. The standard InChI is InChI=1S/C11H12O/c1-3-10(4-2)12-11-8-6-5-7-9-11/h3-9H,1H2,2H3/b10-4+. The van der Waals surface area contributed by atoms with Crippen LogP contribution in [-0.4, -0.2) is 0 Å². The lowest BCUT2D eigenvalue weighted by Gasteiger charge is -2.04. The average Bonchev–Trinajstić information content (AvgIpc) is 2.16. The smallest absolute Gasteiger partial charge is 0.127 e. The van der Waals surface area contributed by atoms with Crippen molar-refractivity contribution in [3.8, 4) is 5.75 Å². The molecule has 0 aliphatic rings. The van der Waals surface area contributed by atoms with E-state index in [1.54, 1.807) is 6.08 Å². The van der Waals surface area contributed by atoms with Crippen molar-refractivity contribution in [2.75, 3.05) is 0 Å². The second-order valence-electron chi connectivity index (χ2n) is 2.31. The zero-order valence-electron chi connectivity index (χ0n) is 7.16. The Labute approximate surface area is 73.0 Å². The molecule has 0 atom stereocenters. The van der Waals surface area contributed by atoms with Crippen LogP contribution in [0.2, 0.25) is 0 Å². The van der Waals surface area contributed by atoms with Crippen LogP contribution in [0.25, 0.3) is 0 Å². The predicted octanol–water partition coefficient (Wildman–Crippen LogP) is 3.16. The maximum atomic E-state index is 5.46. The fourth-order valence-electron chi connectivity index (χ4n) is 0.843. The molecule has 0 aromatic heterocycles. The van der Waals surface area contributed by atoms with Crippen molar-refractivity contribution < 1.29 is 4.74 Å².